The predicted molar refractivity (Wildman–Crippen MR) is 127 cm³/mol. The molecule has 1 N–H and O–H groups in total. The van der Waals surface area contributed by atoms with Gasteiger partial charge in [0.1, 0.15) is 4.90 Å². The Morgan fingerprint density at radius 1 is 1.06 bits per heavy atom. The molecule has 0 saturated heterocycles. The summed E-state index contributed by atoms with van der Waals surface area (Å²) in [6.07, 6.45) is 1.42. The molecule has 0 saturated carbocycles. The van der Waals surface area contributed by atoms with Crippen molar-refractivity contribution in [3.63, 3.8) is 0 Å². The van der Waals surface area contributed by atoms with Gasteiger partial charge in [0.05, 0.1) is 33.9 Å². The van der Waals surface area contributed by atoms with Crippen LogP contribution < -0.4 is 9.62 Å². The maximum absolute atomic E-state index is 13.5. The number of anilines is 2. The fourth-order valence-electron chi connectivity index (χ4n) is 2.93. The standard InChI is InChI=1S/C23H17Cl2N3O3S/c1-2-12-28(21-9-4-3-8-19(21)24)32(30,31)22-14-17(10-11-20(22)25)23(29)27-18-7-5-6-16(13-18)15-26/h2-11,13-14H,1,12H2,(H,27,29). The Morgan fingerprint density at radius 2 is 1.81 bits per heavy atom. The van der Waals surface area contributed by atoms with Crippen LogP contribution in [0.2, 0.25) is 10.0 Å². The van der Waals surface area contributed by atoms with Crippen molar-refractivity contribution >= 4 is 50.5 Å². The average Bonchev–Trinajstić information content (AvgIpc) is 2.78. The van der Waals surface area contributed by atoms with E-state index in [0.717, 1.165) is 4.31 Å². The lowest BCUT2D eigenvalue weighted by Gasteiger charge is -2.24. The Balaban J connectivity index is 2.01. The van der Waals surface area contributed by atoms with Gasteiger partial charge in [-0.25, -0.2) is 8.42 Å². The van der Waals surface area contributed by atoms with Gasteiger partial charge in [0.25, 0.3) is 15.9 Å². The molecule has 3 aromatic carbocycles. The zero-order chi connectivity index (χ0) is 23.3. The third-order valence-electron chi connectivity index (χ3n) is 4.43. The molecule has 0 bridgehead atoms. The Bertz CT molecular complexity index is 1330. The second-order valence-corrected chi connectivity index (χ2v) is 9.21. The molecule has 0 unspecified atom stereocenters. The highest BCUT2D eigenvalue weighted by molar-refractivity contribution is 7.93. The maximum Gasteiger partial charge on any atom is 0.266 e. The summed E-state index contributed by atoms with van der Waals surface area (Å²) in [6, 6.07) is 18.8. The molecule has 0 aliphatic heterocycles. The van der Waals surface area contributed by atoms with Gasteiger partial charge in [-0.15, -0.1) is 6.58 Å². The Morgan fingerprint density at radius 3 is 2.50 bits per heavy atom. The summed E-state index contributed by atoms with van der Waals surface area (Å²) < 4.78 is 28.0. The third kappa shape index (κ3) is 4.94. The summed E-state index contributed by atoms with van der Waals surface area (Å²) in [5.41, 5.74) is 1.11. The number of carbonyl (C=O) groups excluding carboxylic acids is 1. The molecule has 1 amide bonds. The van der Waals surface area contributed by atoms with E-state index in [0.29, 0.717) is 11.3 Å². The second-order valence-electron chi connectivity index (χ2n) is 6.57. The normalized spacial score (nSPS) is 10.8. The second kappa shape index (κ2) is 9.88. The molecule has 3 rings (SSSR count). The van der Waals surface area contributed by atoms with Crippen LogP contribution in [-0.4, -0.2) is 20.9 Å². The number of nitrogens with one attached hydrogen (secondary N) is 1. The van der Waals surface area contributed by atoms with E-state index in [1.165, 1.54) is 30.3 Å². The smallest absolute Gasteiger partial charge is 0.266 e. The van der Waals surface area contributed by atoms with Gasteiger partial charge < -0.3 is 5.32 Å². The summed E-state index contributed by atoms with van der Waals surface area (Å²) in [5.74, 6) is -0.554. The SMILES string of the molecule is C=CCN(c1ccccc1Cl)S(=O)(=O)c1cc(C(=O)Nc2cccc(C#N)c2)ccc1Cl. The molecule has 0 aromatic heterocycles. The lowest BCUT2D eigenvalue weighted by molar-refractivity contribution is 0.102. The zero-order valence-electron chi connectivity index (χ0n) is 16.6. The fourth-order valence-corrected chi connectivity index (χ4v) is 5.17. The van der Waals surface area contributed by atoms with Gasteiger partial charge in [-0.2, -0.15) is 5.26 Å². The highest BCUT2D eigenvalue weighted by Gasteiger charge is 2.28. The molecule has 0 aliphatic rings. The van der Waals surface area contributed by atoms with E-state index < -0.39 is 15.9 Å². The number of nitriles is 1. The number of sulfonamides is 1. The van der Waals surface area contributed by atoms with Crippen LogP contribution in [-0.2, 0) is 10.0 Å². The topological polar surface area (TPSA) is 90.3 Å². The summed E-state index contributed by atoms with van der Waals surface area (Å²) >= 11 is 12.4. The Hall–Kier alpha value is -3.31. The van der Waals surface area contributed by atoms with E-state index >= 15 is 0 Å². The maximum atomic E-state index is 13.5. The third-order valence-corrected chi connectivity index (χ3v) is 7.01. The first-order valence-corrected chi connectivity index (χ1v) is 11.5. The lowest BCUT2D eigenvalue weighted by atomic mass is 10.2. The molecule has 32 heavy (non-hydrogen) atoms. The van der Waals surface area contributed by atoms with Crippen LogP contribution >= 0.6 is 23.2 Å². The monoisotopic (exact) mass is 485 g/mol. The minimum Gasteiger partial charge on any atom is -0.322 e. The van der Waals surface area contributed by atoms with Crippen LogP contribution in [0, 0.1) is 11.3 Å². The van der Waals surface area contributed by atoms with Gasteiger partial charge >= 0.3 is 0 Å². The average molecular weight is 486 g/mol. The lowest BCUT2D eigenvalue weighted by Crippen LogP contribution is -2.32. The van der Waals surface area contributed by atoms with Crippen LogP contribution in [0.3, 0.4) is 0 Å². The van der Waals surface area contributed by atoms with E-state index in [-0.39, 0.29) is 32.7 Å². The van der Waals surface area contributed by atoms with Gasteiger partial charge in [-0.1, -0.05) is 47.5 Å². The number of benzene rings is 3. The molecule has 0 spiro atoms. The molecule has 0 aliphatic carbocycles. The molecular formula is C23H17Cl2N3O3S. The predicted octanol–water partition coefficient (Wildman–Crippen LogP) is 5.50. The first kappa shape index (κ1) is 23.4. The molecule has 3 aromatic rings. The number of rotatable bonds is 7. The first-order valence-electron chi connectivity index (χ1n) is 9.27. The minimum atomic E-state index is -4.19. The molecule has 0 atom stereocenters. The molecule has 0 radical (unpaired) electrons. The fraction of sp³-hybridized carbons (Fsp3) is 0.0435. The van der Waals surface area contributed by atoms with E-state index in [4.69, 9.17) is 28.5 Å². The van der Waals surface area contributed by atoms with Gasteiger partial charge in [0.15, 0.2) is 0 Å². The number of hydrogen-bond acceptors (Lipinski definition) is 4. The molecule has 0 heterocycles. The number of amides is 1. The first-order chi connectivity index (χ1) is 15.3. The molecule has 162 valence electrons. The van der Waals surface area contributed by atoms with Crippen molar-refractivity contribution in [3.8, 4) is 6.07 Å². The van der Waals surface area contributed by atoms with Crippen LogP contribution in [0.15, 0.2) is 84.3 Å². The van der Waals surface area contributed by atoms with Crippen molar-refractivity contribution in [2.75, 3.05) is 16.2 Å². The van der Waals surface area contributed by atoms with E-state index in [2.05, 4.69) is 11.9 Å². The Labute approximate surface area is 196 Å². The van der Waals surface area contributed by atoms with Crippen molar-refractivity contribution in [2.24, 2.45) is 0 Å². The number of halogens is 2. The quantitative estimate of drug-likeness (QED) is 0.447. The molecule has 9 heteroatoms. The van der Waals surface area contributed by atoms with Gasteiger partial charge in [-0.05, 0) is 48.5 Å². The van der Waals surface area contributed by atoms with Crippen molar-refractivity contribution in [1.29, 1.82) is 5.26 Å². The summed E-state index contributed by atoms with van der Waals surface area (Å²) in [5, 5.41) is 11.9. The van der Waals surface area contributed by atoms with Crippen LogP contribution in [0.5, 0.6) is 0 Å². The van der Waals surface area contributed by atoms with Crippen LogP contribution in [0.1, 0.15) is 15.9 Å². The van der Waals surface area contributed by atoms with Gasteiger partial charge in [0, 0.05) is 11.3 Å². The number of carbonyl (C=O) groups is 1. The largest absolute Gasteiger partial charge is 0.322 e. The zero-order valence-corrected chi connectivity index (χ0v) is 19.0. The van der Waals surface area contributed by atoms with Crippen LogP contribution in [0.25, 0.3) is 0 Å². The van der Waals surface area contributed by atoms with E-state index in [1.807, 2.05) is 6.07 Å². The number of hydrogen-bond donors (Lipinski definition) is 1. The van der Waals surface area contributed by atoms with Crippen LogP contribution in [0.4, 0.5) is 11.4 Å². The molecular weight excluding hydrogens is 469 g/mol. The van der Waals surface area contributed by atoms with Crippen molar-refractivity contribution < 1.29 is 13.2 Å². The Kier molecular flexibility index (Phi) is 7.21. The highest BCUT2D eigenvalue weighted by Crippen LogP contribution is 2.33. The number of para-hydroxylation sites is 1. The minimum absolute atomic E-state index is 0.0471. The van der Waals surface area contributed by atoms with Crippen molar-refractivity contribution in [1.82, 2.24) is 0 Å². The van der Waals surface area contributed by atoms with E-state index in [9.17, 15) is 13.2 Å². The van der Waals surface area contributed by atoms with Gasteiger partial charge in [-0.3, -0.25) is 9.10 Å². The van der Waals surface area contributed by atoms with Crippen molar-refractivity contribution in [3.05, 3.63) is 101 Å². The molecule has 6 nitrogen and oxygen atoms in total. The molecule has 0 fully saturated rings. The highest BCUT2D eigenvalue weighted by atomic mass is 35.5. The summed E-state index contributed by atoms with van der Waals surface area (Å²) in [6.45, 7) is 3.57. The van der Waals surface area contributed by atoms with E-state index in [1.54, 1.807) is 42.5 Å². The summed E-state index contributed by atoms with van der Waals surface area (Å²) in [7, 11) is -4.19. The van der Waals surface area contributed by atoms with Gasteiger partial charge in [0.2, 0.25) is 0 Å². The number of nitrogens with zero attached hydrogens (tertiary/aromatic N) is 2. The summed E-state index contributed by atoms with van der Waals surface area (Å²) in [4.78, 5) is 12.5. The van der Waals surface area contributed by atoms with Crippen molar-refractivity contribution in [2.45, 2.75) is 4.90 Å².